The number of rotatable bonds is 4. The number of ether oxygens (including phenoxy) is 2. The normalized spacial score (nSPS) is 16.1. The Bertz CT molecular complexity index is 1060. The molecule has 10 heteroatoms. The predicted octanol–water partition coefficient (Wildman–Crippen LogP) is 1.32. The zero-order chi connectivity index (χ0) is 21.1. The van der Waals surface area contributed by atoms with Crippen LogP contribution in [0.2, 0.25) is 0 Å². The minimum absolute atomic E-state index is 0.140. The van der Waals surface area contributed by atoms with E-state index in [4.69, 9.17) is 9.47 Å². The highest BCUT2D eigenvalue weighted by atomic mass is 32.2. The minimum atomic E-state index is -3.54. The summed E-state index contributed by atoms with van der Waals surface area (Å²) < 4.78 is 37.4. The number of nitrogens with one attached hydrogen (secondary N) is 2. The third-order valence-electron chi connectivity index (χ3n) is 4.91. The lowest BCUT2D eigenvalue weighted by Gasteiger charge is -2.18. The highest BCUT2D eigenvalue weighted by Gasteiger charge is 2.27. The Morgan fingerprint density at radius 1 is 0.800 bits per heavy atom. The Labute approximate surface area is 174 Å². The lowest BCUT2D eigenvalue weighted by molar-refractivity contribution is 0.0846. The Kier molecular flexibility index (Phi) is 5.60. The zero-order valence-corrected chi connectivity index (χ0v) is 16.9. The summed E-state index contributed by atoms with van der Waals surface area (Å²) in [5.41, 5.74) is 5.17. The number of fused-ring (bicyclic) bond motifs is 1. The summed E-state index contributed by atoms with van der Waals surface area (Å²) in [4.78, 5) is 24.7. The maximum atomic E-state index is 12.5. The molecule has 0 unspecified atom stereocenters. The first-order chi connectivity index (χ1) is 14.4. The van der Waals surface area contributed by atoms with Gasteiger partial charge in [0.05, 0.1) is 4.90 Å². The monoisotopic (exact) mass is 431 g/mol. The second-order valence-corrected chi connectivity index (χ2v) is 8.84. The van der Waals surface area contributed by atoms with Crippen molar-refractivity contribution in [1.82, 2.24) is 15.2 Å². The molecule has 30 heavy (non-hydrogen) atoms. The van der Waals surface area contributed by atoms with E-state index in [0.29, 0.717) is 43.4 Å². The number of sulfonamides is 1. The van der Waals surface area contributed by atoms with Crippen molar-refractivity contribution >= 4 is 21.8 Å². The molecule has 158 valence electrons. The summed E-state index contributed by atoms with van der Waals surface area (Å²) in [5, 5.41) is 0. The topological polar surface area (TPSA) is 114 Å². The molecule has 0 radical (unpaired) electrons. The van der Waals surface area contributed by atoms with E-state index < -0.39 is 21.8 Å². The van der Waals surface area contributed by atoms with Gasteiger partial charge in [-0.15, -0.1) is 0 Å². The van der Waals surface area contributed by atoms with Crippen molar-refractivity contribution in [3.05, 3.63) is 53.6 Å². The highest BCUT2D eigenvalue weighted by Crippen LogP contribution is 2.30. The Hall–Kier alpha value is -3.11. The van der Waals surface area contributed by atoms with Gasteiger partial charge in [0.15, 0.2) is 11.5 Å². The van der Waals surface area contributed by atoms with Crippen LogP contribution in [0.4, 0.5) is 0 Å². The van der Waals surface area contributed by atoms with E-state index in [1.165, 1.54) is 34.6 Å². The summed E-state index contributed by atoms with van der Waals surface area (Å²) in [7, 11) is -3.54. The molecule has 4 rings (SSSR count). The molecule has 1 fully saturated rings. The standard InChI is InChI=1S/C20H21N3O6S/c24-19(14-3-6-16(7-4-14)30(26,27)23-9-1-2-10-23)21-22-20(25)15-5-8-17-18(13-15)29-12-11-28-17/h3-8,13H,1-2,9-12H2,(H,21,24)(H,22,25). The van der Waals surface area contributed by atoms with Crippen molar-refractivity contribution in [2.24, 2.45) is 0 Å². The predicted molar refractivity (Wildman–Crippen MR) is 107 cm³/mol. The fraction of sp³-hybridized carbons (Fsp3) is 0.300. The number of nitrogens with zero attached hydrogens (tertiary/aromatic N) is 1. The van der Waals surface area contributed by atoms with Gasteiger partial charge in [-0.1, -0.05) is 0 Å². The molecule has 0 bridgehead atoms. The third-order valence-corrected chi connectivity index (χ3v) is 6.83. The molecule has 2 aliphatic heterocycles. The summed E-state index contributed by atoms with van der Waals surface area (Å²) >= 11 is 0. The van der Waals surface area contributed by atoms with Gasteiger partial charge in [-0.05, 0) is 55.3 Å². The van der Waals surface area contributed by atoms with Crippen molar-refractivity contribution in [3.63, 3.8) is 0 Å². The van der Waals surface area contributed by atoms with Gasteiger partial charge in [-0.25, -0.2) is 8.42 Å². The van der Waals surface area contributed by atoms with Crippen molar-refractivity contribution < 1.29 is 27.5 Å². The molecule has 2 amide bonds. The molecule has 9 nitrogen and oxygen atoms in total. The molecule has 0 atom stereocenters. The van der Waals surface area contributed by atoms with Crippen LogP contribution in [0.15, 0.2) is 47.4 Å². The highest BCUT2D eigenvalue weighted by molar-refractivity contribution is 7.89. The Morgan fingerprint density at radius 3 is 2.03 bits per heavy atom. The first-order valence-corrected chi connectivity index (χ1v) is 11.0. The second kappa shape index (κ2) is 8.33. The van der Waals surface area contributed by atoms with Crippen LogP contribution in [0.1, 0.15) is 33.6 Å². The van der Waals surface area contributed by atoms with Gasteiger partial charge in [0.2, 0.25) is 10.0 Å². The number of hydrogen-bond donors (Lipinski definition) is 2. The molecule has 2 aliphatic rings. The molecule has 0 aromatic heterocycles. The van der Waals surface area contributed by atoms with Crippen molar-refractivity contribution in [1.29, 1.82) is 0 Å². The molecule has 2 heterocycles. The molecular weight excluding hydrogens is 410 g/mol. The fourth-order valence-corrected chi connectivity index (χ4v) is 4.82. The molecule has 0 aliphatic carbocycles. The number of benzene rings is 2. The van der Waals surface area contributed by atoms with Gasteiger partial charge in [-0.3, -0.25) is 20.4 Å². The molecular formula is C20H21N3O6S. The van der Waals surface area contributed by atoms with Gasteiger partial charge in [0, 0.05) is 24.2 Å². The SMILES string of the molecule is O=C(NNC(=O)c1ccc2c(c1)OCCO2)c1ccc(S(=O)(=O)N2CCCC2)cc1. The Morgan fingerprint density at radius 2 is 1.37 bits per heavy atom. The average Bonchev–Trinajstić information content (AvgIpc) is 3.33. The van der Waals surface area contributed by atoms with Crippen LogP contribution in [0.25, 0.3) is 0 Å². The number of hydrazine groups is 1. The maximum absolute atomic E-state index is 12.5. The number of carbonyl (C=O) groups is 2. The second-order valence-electron chi connectivity index (χ2n) is 6.90. The lowest BCUT2D eigenvalue weighted by Crippen LogP contribution is -2.41. The molecule has 2 N–H and O–H groups in total. The molecule has 0 spiro atoms. The van der Waals surface area contributed by atoms with Crippen LogP contribution in [0, 0.1) is 0 Å². The summed E-state index contributed by atoms with van der Waals surface area (Å²) in [6.45, 7) is 1.87. The van der Waals surface area contributed by atoms with Crippen molar-refractivity contribution in [2.45, 2.75) is 17.7 Å². The van der Waals surface area contributed by atoms with Gasteiger partial charge in [0.1, 0.15) is 13.2 Å². The quantitative estimate of drug-likeness (QED) is 0.706. The van der Waals surface area contributed by atoms with Gasteiger partial charge in [0.25, 0.3) is 11.8 Å². The van der Waals surface area contributed by atoms with E-state index in [0.717, 1.165) is 12.8 Å². The van der Waals surface area contributed by atoms with Crippen molar-refractivity contribution in [2.75, 3.05) is 26.3 Å². The molecule has 2 aromatic carbocycles. The first-order valence-electron chi connectivity index (χ1n) is 9.56. The summed E-state index contributed by atoms with van der Waals surface area (Å²) in [6.07, 6.45) is 1.70. The van der Waals surface area contributed by atoms with Gasteiger partial charge >= 0.3 is 0 Å². The molecule has 1 saturated heterocycles. The van der Waals surface area contributed by atoms with E-state index in [9.17, 15) is 18.0 Å². The maximum Gasteiger partial charge on any atom is 0.269 e. The first kappa shape index (κ1) is 20.2. The molecule has 0 saturated carbocycles. The lowest BCUT2D eigenvalue weighted by atomic mass is 10.2. The van der Waals surface area contributed by atoms with Gasteiger partial charge < -0.3 is 9.47 Å². The fourth-order valence-electron chi connectivity index (χ4n) is 3.30. The summed E-state index contributed by atoms with van der Waals surface area (Å²) in [6, 6.07) is 10.3. The van der Waals surface area contributed by atoms with Crippen LogP contribution in [0.3, 0.4) is 0 Å². The van der Waals surface area contributed by atoms with Gasteiger partial charge in [-0.2, -0.15) is 4.31 Å². The Balaban J connectivity index is 1.37. The van der Waals surface area contributed by atoms with Crippen LogP contribution in [-0.2, 0) is 10.0 Å². The third kappa shape index (κ3) is 4.10. The summed E-state index contributed by atoms with van der Waals surface area (Å²) in [5.74, 6) is -0.0552. The largest absolute Gasteiger partial charge is 0.486 e. The van der Waals surface area contributed by atoms with E-state index in [1.807, 2.05) is 0 Å². The molecule has 2 aromatic rings. The number of amides is 2. The van der Waals surface area contributed by atoms with E-state index in [-0.39, 0.29) is 10.5 Å². The van der Waals surface area contributed by atoms with Crippen molar-refractivity contribution in [3.8, 4) is 11.5 Å². The van der Waals surface area contributed by atoms with E-state index in [1.54, 1.807) is 12.1 Å². The number of hydrogen-bond acceptors (Lipinski definition) is 6. The minimum Gasteiger partial charge on any atom is -0.486 e. The average molecular weight is 431 g/mol. The van der Waals surface area contributed by atoms with E-state index in [2.05, 4.69) is 10.9 Å². The van der Waals surface area contributed by atoms with Crippen LogP contribution in [0.5, 0.6) is 11.5 Å². The van der Waals surface area contributed by atoms with E-state index >= 15 is 0 Å². The van der Waals surface area contributed by atoms with Crippen LogP contribution in [-0.4, -0.2) is 50.8 Å². The van der Waals surface area contributed by atoms with Crippen LogP contribution < -0.4 is 20.3 Å². The number of carbonyl (C=O) groups excluding carboxylic acids is 2. The zero-order valence-electron chi connectivity index (χ0n) is 16.1. The smallest absolute Gasteiger partial charge is 0.269 e. The van der Waals surface area contributed by atoms with Crippen LogP contribution >= 0.6 is 0 Å².